The summed E-state index contributed by atoms with van der Waals surface area (Å²) >= 11 is 0. The Balaban J connectivity index is 1.87. The number of nitrogens with two attached hydrogens (primary N) is 1. The number of carbonyl (C=O) groups is 1. The lowest BCUT2D eigenvalue weighted by Gasteiger charge is -2.04. The zero-order valence-electron chi connectivity index (χ0n) is 9.79. The number of nitrogens with zero attached hydrogens (tertiary/aromatic N) is 3. The largest absolute Gasteiger partial charge is 0.366 e. The predicted molar refractivity (Wildman–Crippen MR) is 70.5 cm³/mol. The zero-order valence-corrected chi connectivity index (χ0v) is 9.79. The minimum absolute atomic E-state index is 0.0351. The Kier molecular flexibility index (Phi) is 2.57. The van der Waals surface area contributed by atoms with Crippen LogP contribution in [0.25, 0.3) is 10.9 Å². The summed E-state index contributed by atoms with van der Waals surface area (Å²) in [7, 11) is 0. The number of benzene rings is 1. The molecule has 19 heavy (non-hydrogen) atoms. The van der Waals surface area contributed by atoms with E-state index in [1.165, 1.54) is 0 Å². The molecule has 0 bridgehead atoms. The van der Waals surface area contributed by atoms with E-state index in [1.807, 2.05) is 24.3 Å². The fourth-order valence-electron chi connectivity index (χ4n) is 1.72. The van der Waals surface area contributed by atoms with Crippen LogP contribution in [0.15, 0.2) is 36.5 Å². The second kappa shape index (κ2) is 4.37. The van der Waals surface area contributed by atoms with Crippen molar-refractivity contribution in [2.24, 2.45) is 0 Å². The first kappa shape index (κ1) is 11.1. The van der Waals surface area contributed by atoms with Crippen molar-refractivity contribution in [3.63, 3.8) is 0 Å². The molecule has 1 amide bonds. The average Bonchev–Trinajstić information content (AvgIpc) is 2.85. The van der Waals surface area contributed by atoms with Crippen LogP contribution < -0.4 is 11.1 Å². The summed E-state index contributed by atoms with van der Waals surface area (Å²) in [6, 6.07) is 9.20. The summed E-state index contributed by atoms with van der Waals surface area (Å²) in [6.45, 7) is 0. The number of aromatic nitrogens is 4. The van der Waals surface area contributed by atoms with Gasteiger partial charge in [0.25, 0.3) is 5.91 Å². The van der Waals surface area contributed by atoms with Crippen LogP contribution >= 0.6 is 0 Å². The zero-order chi connectivity index (χ0) is 13.2. The first-order valence-corrected chi connectivity index (χ1v) is 5.56. The van der Waals surface area contributed by atoms with E-state index in [0.29, 0.717) is 5.69 Å². The van der Waals surface area contributed by atoms with Crippen LogP contribution in [0.3, 0.4) is 0 Å². The lowest BCUT2D eigenvalue weighted by Crippen LogP contribution is -2.13. The van der Waals surface area contributed by atoms with Gasteiger partial charge in [-0.1, -0.05) is 6.07 Å². The number of carbonyl (C=O) groups excluding carboxylic acids is 1. The van der Waals surface area contributed by atoms with Gasteiger partial charge in [-0.3, -0.25) is 14.9 Å². The van der Waals surface area contributed by atoms with Gasteiger partial charge in [-0.2, -0.15) is 4.98 Å². The highest BCUT2D eigenvalue weighted by atomic mass is 16.2. The predicted octanol–water partition coefficient (Wildman–Crippen LogP) is 1.19. The van der Waals surface area contributed by atoms with Crippen LogP contribution in [0, 0.1) is 0 Å². The van der Waals surface area contributed by atoms with Gasteiger partial charge in [0.2, 0.25) is 11.8 Å². The Morgan fingerprint density at radius 2 is 2.21 bits per heavy atom. The fraction of sp³-hybridized carbons (Fsp3) is 0. The molecule has 0 atom stereocenters. The molecule has 0 aliphatic carbocycles. The number of rotatable bonds is 2. The van der Waals surface area contributed by atoms with Crippen LogP contribution in [0.1, 0.15) is 10.6 Å². The van der Waals surface area contributed by atoms with E-state index in [0.717, 1.165) is 10.9 Å². The van der Waals surface area contributed by atoms with Gasteiger partial charge in [-0.25, -0.2) is 0 Å². The summed E-state index contributed by atoms with van der Waals surface area (Å²) in [4.78, 5) is 19.8. The lowest BCUT2D eigenvalue weighted by molar-refractivity contribution is 0.101. The van der Waals surface area contributed by atoms with Crippen molar-refractivity contribution in [2.75, 3.05) is 11.1 Å². The number of nitrogen functional groups attached to an aromatic ring is 1. The molecule has 2 heterocycles. The molecule has 4 N–H and O–H groups in total. The molecule has 0 spiro atoms. The smallest absolute Gasteiger partial charge is 0.293 e. The molecule has 7 heteroatoms. The molecule has 3 aromatic rings. The Morgan fingerprint density at radius 3 is 3.00 bits per heavy atom. The molecule has 0 aliphatic heterocycles. The van der Waals surface area contributed by atoms with Crippen molar-refractivity contribution >= 4 is 28.4 Å². The van der Waals surface area contributed by atoms with Gasteiger partial charge in [0, 0.05) is 17.3 Å². The SMILES string of the molecule is Nc1n[nH]c(C(=O)Nc2ccc3ncccc3c2)n1. The van der Waals surface area contributed by atoms with Gasteiger partial charge in [0.1, 0.15) is 0 Å². The molecule has 7 nitrogen and oxygen atoms in total. The van der Waals surface area contributed by atoms with Crippen molar-refractivity contribution in [3.05, 3.63) is 42.4 Å². The first-order chi connectivity index (χ1) is 9.22. The molecular formula is C12H10N6O. The van der Waals surface area contributed by atoms with Gasteiger partial charge in [-0.05, 0) is 24.3 Å². The Labute approximate surface area is 107 Å². The van der Waals surface area contributed by atoms with Crippen LogP contribution in [-0.4, -0.2) is 26.1 Å². The van der Waals surface area contributed by atoms with E-state index in [4.69, 9.17) is 5.73 Å². The van der Waals surface area contributed by atoms with Crippen LogP contribution in [0.5, 0.6) is 0 Å². The highest BCUT2D eigenvalue weighted by Gasteiger charge is 2.10. The van der Waals surface area contributed by atoms with Crippen molar-refractivity contribution < 1.29 is 4.79 Å². The second-order valence-electron chi connectivity index (χ2n) is 3.91. The molecule has 0 unspecified atom stereocenters. The number of hydrogen-bond acceptors (Lipinski definition) is 5. The summed E-state index contributed by atoms with van der Waals surface area (Å²) in [5.74, 6) is -0.288. The third kappa shape index (κ3) is 2.21. The standard InChI is InChI=1S/C12H10N6O/c13-12-16-10(17-18-12)11(19)15-8-3-4-9-7(6-8)2-1-5-14-9/h1-6H,(H,15,19)(H3,13,16,17,18). The number of hydrogen-bond donors (Lipinski definition) is 3. The van der Waals surface area contributed by atoms with Gasteiger partial charge in [-0.15, -0.1) is 5.10 Å². The van der Waals surface area contributed by atoms with E-state index in [-0.39, 0.29) is 11.8 Å². The number of anilines is 2. The second-order valence-corrected chi connectivity index (χ2v) is 3.91. The van der Waals surface area contributed by atoms with E-state index in [1.54, 1.807) is 12.3 Å². The molecule has 94 valence electrons. The summed E-state index contributed by atoms with van der Waals surface area (Å²) in [5, 5.41) is 9.70. The highest BCUT2D eigenvalue weighted by molar-refractivity contribution is 6.02. The normalized spacial score (nSPS) is 10.5. The van der Waals surface area contributed by atoms with E-state index in [2.05, 4.69) is 25.5 Å². The molecular weight excluding hydrogens is 244 g/mol. The molecule has 2 aromatic heterocycles. The monoisotopic (exact) mass is 254 g/mol. The number of amides is 1. The highest BCUT2D eigenvalue weighted by Crippen LogP contribution is 2.17. The van der Waals surface area contributed by atoms with E-state index < -0.39 is 5.91 Å². The van der Waals surface area contributed by atoms with Gasteiger partial charge >= 0.3 is 0 Å². The maximum absolute atomic E-state index is 11.8. The molecule has 3 rings (SSSR count). The van der Waals surface area contributed by atoms with Crippen LogP contribution in [-0.2, 0) is 0 Å². The van der Waals surface area contributed by atoms with Crippen molar-refractivity contribution in [1.82, 2.24) is 20.2 Å². The Bertz CT molecular complexity index is 751. The fourth-order valence-corrected chi connectivity index (χ4v) is 1.72. The number of fused-ring (bicyclic) bond motifs is 1. The maximum atomic E-state index is 11.8. The Morgan fingerprint density at radius 1 is 1.32 bits per heavy atom. The number of aromatic amines is 1. The van der Waals surface area contributed by atoms with E-state index >= 15 is 0 Å². The number of pyridine rings is 1. The minimum Gasteiger partial charge on any atom is -0.366 e. The summed E-state index contributed by atoms with van der Waals surface area (Å²) < 4.78 is 0. The summed E-state index contributed by atoms with van der Waals surface area (Å²) in [6.07, 6.45) is 1.72. The molecule has 0 saturated carbocycles. The van der Waals surface area contributed by atoms with Crippen molar-refractivity contribution in [1.29, 1.82) is 0 Å². The lowest BCUT2D eigenvalue weighted by atomic mass is 10.2. The van der Waals surface area contributed by atoms with Crippen molar-refractivity contribution in [2.45, 2.75) is 0 Å². The molecule has 0 fully saturated rings. The number of nitrogens with one attached hydrogen (secondary N) is 2. The molecule has 0 radical (unpaired) electrons. The summed E-state index contributed by atoms with van der Waals surface area (Å²) in [5.41, 5.74) is 6.86. The van der Waals surface area contributed by atoms with Gasteiger partial charge in [0.15, 0.2) is 0 Å². The molecule has 0 saturated heterocycles. The van der Waals surface area contributed by atoms with Crippen LogP contribution in [0.2, 0.25) is 0 Å². The third-order valence-corrected chi connectivity index (χ3v) is 2.58. The van der Waals surface area contributed by atoms with E-state index in [9.17, 15) is 4.79 Å². The molecule has 0 aliphatic rings. The minimum atomic E-state index is -0.396. The third-order valence-electron chi connectivity index (χ3n) is 2.58. The van der Waals surface area contributed by atoms with Crippen LogP contribution in [0.4, 0.5) is 11.6 Å². The Hall–Kier alpha value is -2.96. The van der Waals surface area contributed by atoms with Gasteiger partial charge < -0.3 is 11.1 Å². The number of H-pyrrole nitrogens is 1. The molecule has 1 aromatic carbocycles. The first-order valence-electron chi connectivity index (χ1n) is 5.56. The van der Waals surface area contributed by atoms with Crippen molar-refractivity contribution in [3.8, 4) is 0 Å². The topological polar surface area (TPSA) is 110 Å². The average molecular weight is 254 g/mol. The van der Waals surface area contributed by atoms with Gasteiger partial charge in [0.05, 0.1) is 5.52 Å². The maximum Gasteiger partial charge on any atom is 0.293 e. The quantitative estimate of drug-likeness (QED) is 0.636.